The monoisotopic (exact) mass is 430 g/mol. The molecular weight excluding hydrogens is 406 g/mol. The van der Waals surface area contributed by atoms with Gasteiger partial charge in [-0.1, -0.05) is 36.6 Å². The van der Waals surface area contributed by atoms with Crippen molar-refractivity contribution < 1.29 is 14.0 Å². The number of aliphatic hydroxyl groups excluding tert-OH is 1. The fourth-order valence-electron chi connectivity index (χ4n) is 3.65. The molecule has 0 bridgehead atoms. The van der Waals surface area contributed by atoms with Crippen LogP contribution >= 0.6 is 11.6 Å². The fourth-order valence-corrected chi connectivity index (χ4v) is 3.77. The molecule has 0 spiro atoms. The number of aryl methyl sites for hydroxylation is 1. The van der Waals surface area contributed by atoms with Crippen LogP contribution in [0.5, 0.6) is 0 Å². The molecule has 0 unspecified atom stereocenters. The highest BCUT2D eigenvalue weighted by Gasteiger charge is 2.28. The second-order valence-electron chi connectivity index (χ2n) is 7.23. The van der Waals surface area contributed by atoms with Crippen LogP contribution in [0.25, 0.3) is 16.8 Å². The van der Waals surface area contributed by atoms with Crippen molar-refractivity contribution in [1.29, 1.82) is 0 Å². The van der Waals surface area contributed by atoms with Crippen LogP contribution < -0.4 is 10.9 Å². The van der Waals surface area contributed by atoms with Gasteiger partial charge in [0.15, 0.2) is 0 Å². The van der Waals surface area contributed by atoms with Crippen molar-refractivity contribution in [3.63, 3.8) is 0 Å². The Morgan fingerprint density at radius 1 is 1.23 bits per heavy atom. The molecule has 8 nitrogen and oxygen atoms in total. The molecule has 0 radical (unpaired) electrons. The molecule has 0 aliphatic heterocycles. The summed E-state index contributed by atoms with van der Waals surface area (Å²) in [6.07, 6.45) is 5.94. The first kappa shape index (κ1) is 16.8. The lowest BCUT2D eigenvalue weighted by atomic mass is 9.92. The van der Waals surface area contributed by atoms with Gasteiger partial charge in [0.2, 0.25) is 0 Å². The van der Waals surface area contributed by atoms with E-state index in [2.05, 4.69) is 15.5 Å². The molecule has 0 saturated heterocycles. The van der Waals surface area contributed by atoms with E-state index in [-0.39, 0.29) is 11.3 Å². The van der Waals surface area contributed by atoms with E-state index in [0.717, 1.165) is 28.4 Å². The van der Waals surface area contributed by atoms with Crippen LogP contribution in [-0.2, 0) is 6.98 Å². The number of nitrogens with one attached hydrogen (secondary N) is 1. The van der Waals surface area contributed by atoms with Crippen LogP contribution in [0, 0.1) is 0 Å². The number of hydrogen-bond acceptors (Lipinski definition) is 5. The van der Waals surface area contributed by atoms with Gasteiger partial charge in [0.1, 0.15) is 11.3 Å². The largest absolute Gasteiger partial charge is 0.391 e. The van der Waals surface area contributed by atoms with Crippen molar-refractivity contribution >= 4 is 17.5 Å². The van der Waals surface area contributed by atoms with Crippen molar-refractivity contribution in [1.82, 2.24) is 24.9 Å². The third-order valence-electron chi connectivity index (χ3n) is 5.22. The predicted molar refractivity (Wildman–Crippen MR) is 113 cm³/mol. The summed E-state index contributed by atoms with van der Waals surface area (Å²) in [5.74, 6) is -0.643. The summed E-state index contributed by atoms with van der Waals surface area (Å²) in [4.78, 5) is 26.7. The zero-order chi connectivity index (χ0) is 23.8. The number of aromatic nitrogens is 4. The number of halogens is 1. The lowest BCUT2D eigenvalue weighted by Crippen LogP contribution is -2.47. The number of carbonyl (C=O) groups is 1. The standard InChI is InChI=1S/C21H22ClN5O3/c1-26-12-15(10-23-26)27-21(30)19(20(29)25-17-4-2-3-5-18(17)28)16(11-24-27)13-6-8-14(22)9-7-13/h6-12,17-18,28H,2-5H2,1H3,(H,25,29)/t17-,18-/m1/s1/i1D3. The average molecular weight is 431 g/mol. The Balaban J connectivity index is 1.80. The van der Waals surface area contributed by atoms with Crippen LogP contribution in [-0.4, -0.2) is 42.7 Å². The van der Waals surface area contributed by atoms with Crippen molar-refractivity contribution in [2.24, 2.45) is 6.98 Å². The maximum atomic E-state index is 13.4. The Morgan fingerprint density at radius 2 is 2.00 bits per heavy atom. The molecule has 2 N–H and O–H groups in total. The Kier molecular flexibility index (Phi) is 4.71. The highest BCUT2D eigenvalue weighted by Crippen LogP contribution is 2.24. The Labute approximate surface area is 182 Å². The Hall–Kier alpha value is -2.97. The fraction of sp³-hybridized carbons (Fsp3) is 0.333. The topological polar surface area (TPSA) is 102 Å². The molecule has 30 heavy (non-hydrogen) atoms. The summed E-state index contributed by atoms with van der Waals surface area (Å²) in [6, 6.07) is 6.14. The van der Waals surface area contributed by atoms with E-state index >= 15 is 0 Å². The second kappa shape index (κ2) is 8.41. The van der Waals surface area contributed by atoms with Crippen molar-refractivity contribution in [3.05, 3.63) is 63.8 Å². The lowest BCUT2D eigenvalue weighted by Gasteiger charge is -2.28. The van der Waals surface area contributed by atoms with Gasteiger partial charge in [-0.3, -0.25) is 14.3 Å². The van der Waals surface area contributed by atoms with E-state index in [1.54, 1.807) is 24.3 Å². The SMILES string of the molecule is [2H]C([2H])([2H])n1cc(-n2ncc(-c3ccc(Cl)cc3)c(C(=O)N[C@@H]3CCCC[C@H]3O)c2=O)cn1. The van der Waals surface area contributed by atoms with E-state index in [1.807, 2.05) is 0 Å². The van der Waals surface area contributed by atoms with Crippen LogP contribution in [0.3, 0.4) is 0 Å². The number of aliphatic hydroxyl groups is 1. The van der Waals surface area contributed by atoms with Gasteiger partial charge < -0.3 is 10.4 Å². The summed E-state index contributed by atoms with van der Waals surface area (Å²) in [7, 11) is 0. The molecule has 4 rings (SSSR count). The third-order valence-corrected chi connectivity index (χ3v) is 5.47. The highest BCUT2D eigenvalue weighted by molar-refractivity contribution is 6.30. The quantitative estimate of drug-likeness (QED) is 0.661. The molecular formula is C21H22ClN5O3. The maximum absolute atomic E-state index is 13.4. The third kappa shape index (κ3) is 4.01. The zero-order valence-corrected chi connectivity index (χ0v) is 16.7. The lowest BCUT2D eigenvalue weighted by molar-refractivity contribution is 0.0716. The van der Waals surface area contributed by atoms with Gasteiger partial charge >= 0.3 is 0 Å². The van der Waals surface area contributed by atoms with Gasteiger partial charge in [0.05, 0.1) is 30.7 Å². The molecule has 1 aliphatic rings. The summed E-state index contributed by atoms with van der Waals surface area (Å²) in [5, 5.41) is 21.5. The van der Waals surface area contributed by atoms with Crippen LogP contribution in [0.2, 0.25) is 5.02 Å². The predicted octanol–water partition coefficient (Wildman–Crippen LogP) is 2.32. The van der Waals surface area contributed by atoms with E-state index < -0.39 is 30.6 Å². The average Bonchev–Trinajstić information content (AvgIpc) is 3.26. The van der Waals surface area contributed by atoms with Gasteiger partial charge in [-0.05, 0) is 30.5 Å². The molecule has 156 valence electrons. The Morgan fingerprint density at radius 3 is 2.70 bits per heavy atom. The molecule has 1 aromatic carbocycles. The number of carbonyl (C=O) groups excluding carboxylic acids is 1. The van der Waals surface area contributed by atoms with E-state index in [0.29, 0.717) is 29.0 Å². The minimum atomic E-state index is -2.53. The van der Waals surface area contributed by atoms with Gasteiger partial charge in [0.25, 0.3) is 11.5 Å². The zero-order valence-electron chi connectivity index (χ0n) is 19.0. The number of nitrogens with zero attached hydrogens (tertiary/aromatic N) is 4. The molecule has 3 aromatic rings. The first-order chi connectivity index (χ1) is 15.6. The van der Waals surface area contributed by atoms with Gasteiger partial charge in [0, 0.05) is 21.7 Å². The molecule has 2 heterocycles. The second-order valence-corrected chi connectivity index (χ2v) is 7.67. The van der Waals surface area contributed by atoms with Gasteiger partial charge in [-0.25, -0.2) is 0 Å². The minimum Gasteiger partial charge on any atom is -0.391 e. The summed E-state index contributed by atoms with van der Waals surface area (Å²) >= 11 is 5.98. The van der Waals surface area contributed by atoms with Crippen molar-refractivity contribution in [2.45, 2.75) is 37.8 Å². The Bertz CT molecular complexity index is 1220. The maximum Gasteiger partial charge on any atom is 0.285 e. The molecule has 1 saturated carbocycles. The van der Waals surface area contributed by atoms with Crippen LogP contribution in [0.4, 0.5) is 0 Å². The van der Waals surface area contributed by atoms with E-state index in [9.17, 15) is 14.7 Å². The smallest absolute Gasteiger partial charge is 0.285 e. The highest BCUT2D eigenvalue weighted by atomic mass is 35.5. The number of hydrogen-bond donors (Lipinski definition) is 2. The summed E-state index contributed by atoms with van der Waals surface area (Å²) in [6.45, 7) is -2.53. The summed E-state index contributed by atoms with van der Waals surface area (Å²) < 4.78 is 24.1. The van der Waals surface area contributed by atoms with Gasteiger partial charge in [-0.2, -0.15) is 14.9 Å². The molecule has 1 fully saturated rings. The molecule has 2 aromatic heterocycles. The van der Waals surface area contributed by atoms with Crippen molar-refractivity contribution in [2.75, 3.05) is 0 Å². The minimum absolute atomic E-state index is 0.102. The van der Waals surface area contributed by atoms with Crippen LogP contribution in [0.1, 0.15) is 40.2 Å². The summed E-state index contributed by atoms with van der Waals surface area (Å²) in [5.41, 5.74) is 0.0372. The normalized spacial score (nSPS) is 20.8. The number of rotatable bonds is 4. The molecule has 1 aliphatic carbocycles. The molecule has 9 heteroatoms. The van der Waals surface area contributed by atoms with Crippen LogP contribution in [0.15, 0.2) is 47.7 Å². The molecule has 1 amide bonds. The van der Waals surface area contributed by atoms with Gasteiger partial charge in [-0.15, -0.1) is 0 Å². The first-order valence-corrected chi connectivity index (χ1v) is 9.95. The molecule has 2 atom stereocenters. The van der Waals surface area contributed by atoms with Crippen molar-refractivity contribution in [3.8, 4) is 16.8 Å². The van der Waals surface area contributed by atoms with E-state index in [1.165, 1.54) is 12.4 Å². The first-order valence-electron chi connectivity index (χ1n) is 11.1. The number of amides is 1. The number of benzene rings is 1. The van der Waals surface area contributed by atoms with E-state index in [4.69, 9.17) is 15.7 Å².